The van der Waals surface area contributed by atoms with Gasteiger partial charge >= 0.3 is 17.8 Å². The standard InChI is InChI=1S/C33H30F6S2/c1-19(2)17-29-23(15-25(40-29)21-11-7-5-8-12-21)27-28(32(36,37)33(38,39)31(27,34)35)24-16-26(22-13-9-6-10-14-22)41-30(24,29)18-20(3)4/h5-16,19-20H,17-18H2,1-4H3. The average Bonchev–Trinajstić information content (AvgIpc) is 3.50. The molecular weight excluding hydrogens is 574 g/mol. The first-order valence-electron chi connectivity index (χ1n) is 13.8. The molecule has 2 aromatic rings. The highest BCUT2D eigenvalue weighted by atomic mass is 32.2. The van der Waals surface area contributed by atoms with Crippen molar-refractivity contribution in [2.45, 2.75) is 67.8 Å². The van der Waals surface area contributed by atoms with Crippen molar-refractivity contribution in [2.24, 2.45) is 11.8 Å². The Labute approximate surface area is 245 Å². The summed E-state index contributed by atoms with van der Waals surface area (Å²) in [6.07, 6.45) is 3.71. The van der Waals surface area contributed by atoms with Crippen LogP contribution in [0.25, 0.3) is 9.81 Å². The summed E-state index contributed by atoms with van der Waals surface area (Å²) in [7, 11) is 0. The van der Waals surface area contributed by atoms with Crippen LogP contribution >= 0.6 is 23.5 Å². The van der Waals surface area contributed by atoms with Crippen molar-refractivity contribution >= 4 is 33.3 Å². The van der Waals surface area contributed by atoms with Crippen LogP contribution in [-0.2, 0) is 0 Å². The highest BCUT2D eigenvalue weighted by Crippen LogP contribution is 2.77. The number of hydrogen-bond donors (Lipinski definition) is 0. The molecule has 0 saturated heterocycles. The monoisotopic (exact) mass is 604 g/mol. The van der Waals surface area contributed by atoms with E-state index in [4.69, 9.17) is 0 Å². The molecule has 1 saturated carbocycles. The smallest absolute Gasteiger partial charge is 0.194 e. The molecule has 2 aliphatic carbocycles. The van der Waals surface area contributed by atoms with Gasteiger partial charge in [-0.1, -0.05) is 88.4 Å². The zero-order valence-corrected chi connectivity index (χ0v) is 24.7. The van der Waals surface area contributed by atoms with Crippen LogP contribution in [0.3, 0.4) is 0 Å². The zero-order chi connectivity index (χ0) is 29.6. The van der Waals surface area contributed by atoms with Crippen LogP contribution in [0.1, 0.15) is 51.7 Å². The van der Waals surface area contributed by atoms with Crippen molar-refractivity contribution in [3.63, 3.8) is 0 Å². The van der Waals surface area contributed by atoms with Crippen LogP contribution in [-0.4, -0.2) is 27.3 Å². The molecule has 0 N–H and O–H groups in total. The summed E-state index contributed by atoms with van der Waals surface area (Å²) < 4.78 is 91.9. The summed E-state index contributed by atoms with van der Waals surface area (Å²) in [6.45, 7) is 7.84. The minimum Gasteiger partial charge on any atom is -0.194 e. The molecule has 2 heterocycles. The van der Waals surface area contributed by atoms with E-state index in [-0.39, 0.29) is 23.0 Å². The minimum absolute atomic E-state index is 0.0362. The second-order valence-electron chi connectivity index (χ2n) is 12.1. The van der Waals surface area contributed by atoms with E-state index in [0.29, 0.717) is 22.7 Å². The third-order valence-corrected chi connectivity index (χ3v) is 11.8. The van der Waals surface area contributed by atoms with E-state index in [1.165, 1.54) is 35.7 Å². The van der Waals surface area contributed by atoms with Crippen molar-refractivity contribution in [3.8, 4) is 0 Å². The number of fused-ring (bicyclic) bond motifs is 4. The summed E-state index contributed by atoms with van der Waals surface area (Å²) in [5.41, 5.74) is -1.05. The van der Waals surface area contributed by atoms with Gasteiger partial charge in [0.05, 0.1) is 9.49 Å². The van der Waals surface area contributed by atoms with E-state index >= 15 is 26.3 Å². The Kier molecular flexibility index (Phi) is 6.56. The van der Waals surface area contributed by atoms with Gasteiger partial charge in [0.1, 0.15) is 0 Å². The molecule has 4 aliphatic rings. The van der Waals surface area contributed by atoms with Crippen molar-refractivity contribution < 1.29 is 26.3 Å². The molecule has 0 amide bonds. The van der Waals surface area contributed by atoms with Crippen molar-refractivity contribution in [2.75, 3.05) is 0 Å². The number of hydrogen-bond acceptors (Lipinski definition) is 2. The van der Waals surface area contributed by atoms with Crippen LogP contribution in [0.5, 0.6) is 0 Å². The van der Waals surface area contributed by atoms with Gasteiger partial charge in [0.15, 0.2) is 0 Å². The number of allylic oxidation sites excluding steroid dienone is 4. The highest BCUT2D eigenvalue weighted by molar-refractivity contribution is 8.14. The molecule has 8 heteroatoms. The summed E-state index contributed by atoms with van der Waals surface area (Å²) in [4.78, 5) is 1.25. The normalized spacial score (nSPS) is 29.1. The highest BCUT2D eigenvalue weighted by Gasteiger charge is 2.84. The Bertz CT molecular complexity index is 1400. The summed E-state index contributed by atoms with van der Waals surface area (Å²) in [5, 5.41) is 0. The zero-order valence-electron chi connectivity index (χ0n) is 23.1. The van der Waals surface area contributed by atoms with E-state index < -0.39 is 38.4 Å². The van der Waals surface area contributed by atoms with Crippen LogP contribution in [0.4, 0.5) is 26.3 Å². The Hall–Kier alpha value is -2.32. The third kappa shape index (κ3) is 3.78. The SMILES string of the molecule is CC(C)CC12SC(c3ccccc3)=CC1=C1C(=C3C=C(c4ccccc4)SC32CC(C)C)C(F)(F)C(F)(F)C1(F)F. The number of rotatable bonds is 6. The molecular formula is C33H30F6S2. The largest absolute Gasteiger partial charge is 0.380 e. The molecule has 41 heavy (non-hydrogen) atoms. The maximum Gasteiger partial charge on any atom is 0.380 e. The number of thioether (sulfide) groups is 2. The van der Waals surface area contributed by atoms with E-state index in [1.54, 1.807) is 0 Å². The number of alkyl halides is 6. The maximum atomic E-state index is 15.9. The van der Waals surface area contributed by atoms with E-state index in [1.807, 2.05) is 88.4 Å². The molecule has 1 fully saturated rings. The van der Waals surface area contributed by atoms with Crippen molar-refractivity contribution in [1.29, 1.82) is 0 Å². The fourth-order valence-electron chi connectivity index (χ4n) is 6.89. The lowest BCUT2D eigenvalue weighted by atomic mass is 9.64. The van der Waals surface area contributed by atoms with E-state index in [9.17, 15) is 0 Å². The molecule has 0 aromatic heterocycles. The van der Waals surface area contributed by atoms with Gasteiger partial charge in [-0.15, -0.1) is 23.5 Å². The molecule has 2 unspecified atom stereocenters. The average molecular weight is 605 g/mol. The first-order valence-corrected chi connectivity index (χ1v) is 15.4. The predicted octanol–water partition coefficient (Wildman–Crippen LogP) is 10.7. The quantitative estimate of drug-likeness (QED) is 0.301. The van der Waals surface area contributed by atoms with Gasteiger partial charge in [0, 0.05) is 21.0 Å². The van der Waals surface area contributed by atoms with Crippen molar-refractivity contribution in [1.82, 2.24) is 0 Å². The third-order valence-electron chi connectivity index (χ3n) is 8.36. The molecule has 0 spiro atoms. The Morgan fingerprint density at radius 1 is 0.561 bits per heavy atom. The van der Waals surface area contributed by atoms with E-state index in [0.717, 1.165) is 11.1 Å². The van der Waals surface area contributed by atoms with Gasteiger partial charge in [0.25, 0.3) is 0 Å². The van der Waals surface area contributed by atoms with Gasteiger partial charge in [-0.25, -0.2) is 0 Å². The fourth-order valence-corrected chi connectivity index (χ4v) is 10.8. The lowest BCUT2D eigenvalue weighted by Gasteiger charge is -2.53. The Morgan fingerprint density at radius 2 is 0.902 bits per heavy atom. The molecule has 0 nitrogen and oxygen atoms in total. The minimum atomic E-state index is -5.57. The van der Waals surface area contributed by atoms with Gasteiger partial charge in [-0.3, -0.25) is 0 Å². The molecule has 0 bridgehead atoms. The lowest BCUT2D eigenvalue weighted by molar-refractivity contribution is -0.258. The molecule has 6 rings (SSSR count). The van der Waals surface area contributed by atoms with Crippen LogP contribution in [0, 0.1) is 11.8 Å². The molecule has 216 valence electrons. The molecule has 0 radical (unpaired) electrons. The first-order chi connectivity index (χ1) is 19.2. The maximum absolute atomic E-state index is 15.9. The molecule has 2 atom stereocenters. The Balaban J connectivity index is 1.76. The number of benzene rings is 2. The second-order valence-corrected chi connectivity index (χ2v) is 14.8. The fraction of sp³-hybridized carbons (Fsp3) is 0.394. The van der Waals surface area contributed by atoms with Gasteiger partial charge in [-0.2, -0.15) is 26.3 Å². The summed E-state index contributed by atoms with van der Waals surface area (Å²) in [5.74, 6) is -15.7. The molecule has 2 aromatic carbocycles. The van der Waals surface area contributed by atoms with E-state index in [2.05, 4.69) is 0 Å². The summed E-state index contributed by atoms with van der Waals surface area (Å²) >= 11 is 2.76. The van der Waals surface area contributed by atoms with Crippen LogP contribution in [0.15, 0.2) is 95.1 Å². The van der Waals surface area contributed by atoms with Crippen LogP contribution in [0.2, 0.25) is 0 Å². The number of halogens is 6. The topological polar surface area (TPSA) is 0 Å². The van der Waals surface area contributed by atoms with Gasteiger partial charge in [-0.05, 0) is 59.1 Å². The van der Waals surface area contributed by atoms with Crippen molar-refractivity contribution in [3.05, 3.63) is 106 Å². The van der Waals surface area contributed by atoms with Gasteiger partial charge < -0.3 is 0 Å². The second kappa shape index (κ2) is 9.34. The summed E-state index contributed by atoms with van der Waals surface area (Å²) in [6, 6.07) is 18.3. The first kappa shape index (κ1) is 28.8. The van der Waals surface area contributed by atoms with Gasteiger partial charge in [0.2, 0.25) is 0 Å². The Morgan fingerprint density at radius 3 is 1.22 bits per heavy atom. The molecule has 2 aliphatic heterocycles. The van der Waals surface area contributed by atoms with Crippen LogP contribution < -0.4 is 0 Å². The predicted molar refractivity (Wildman–Crippen MR) is 157 cm³/mol. The lowest BCUT2D eigenvalue weighted by Crippen LogP contribution is -2.54.